The first-order chi connectivity index (χ1) is 5.82. The Morgan fingerprint density at radius 3 is 2.23 bits per heavy atom. The number of hydrogen-bond donors (Lipinski definition) is 1. The van der Waals surface area contributed by atoms with E-state index in [1.807, 2.05) is 0 Å². The molecule has 0 fully saturated rings. The fourth-order valence-corrected chi connectivity index (χ4v) is 2.45. The molecule has 0 bridgehead atoms. The van der Waals surface area contributed by atoms with Gasteiger partial charge in [-0.2, -0.15) is 8.42 Å². The smallest absolute Gasteiger partial charge is 0.282 e. The van der Waals surface area contributed by atoms with Gasteiger partial charge in [0.15, 0.2) is 0 Å². The molecule has 0 atom stereocenters. The average molecular weight is 312 g/mol. The number of aryl methyl sites for hydroxylation is 2. The zero-order valence-corrected chi connectivity index (χ0v) is 10.2. The van der Waals surface area contributed by atoms with E-state index in [0.717, 1.165) is 9.13 Å². The molecular weight excluding hydrogens is 303 g/mol. The molecule has 13 heavy (non-hydrogen) atoms. The topological polar surface area (TPSA) is 54.4 Å². The lowest BCUT2D eigenvalue weighted by molar-refractivity contribution is 0.482. The molecule has 0 saturated heterocycles. The van der Waals surface area contributed by atoms with Gasteiger partial charge < -0.3 is 0 Å². The lowest BCUT2D eigenvalue weighted by Crippen LogP contribution is -2.02. The minimum Gasteiger partial charge on any atom is -0.282 e. The SMILES string of the molecule is Cc1cc(S(=O)(=O)O)c(C)cc1I. The largest absolute Gasteiger partial charge is 0.294 e. The monoisotopic (exact) mass is 312 g/mol. The minimum absolute atomic E-state index is 0.00887. The van der Waals surface area contributed by atoms with Crippen LogP contribution in [0.5, 0.6) is 0 Å². The molecule has 0 heterocycles. The van der Waals surface area contributed by atoms with Crippen LogP contribution in [0.4, 0.5) is 0 Å². The van der Waals surface area contributed by atoms with Crippen molar-refractivity contribution in [3.05, 3.63) is 26.8 Å². The van der Waals surface area contributed by atoms with Crippen LogP contribution >= 0.6 is 22.6 Å². The van der Waals surface area contributed by atoms with Crippen LogP contribution in [-0.2, 0) is 10.1 Å². The van der Waals surface area contributed by atoms with E-state index in [4.69, 9.17) is 4.55 Å². The van der Waals surface area contributed by atoms with Gasteiger partial charge in [0.1, 0.15) is 0 Å². The van der Waals surface area contributed by atoms with Crippen molar-refractivity contribution < 1.29 is 13.0 Å². The van der Waals surface area contributed by atoms with Crippen LogP contribution < -0.4 is 0 Å². The molecule has 1 rings (SSSR count). The molecule has 72 valence electrons. The van der Waals surface area contributed by atoms with Crippen molar-refractivity contribution in [2.24, 2.45) is 0 Å². The van der Waals surface area contributed by atoms with E-state index in [2.05, 4.69) is 22.6 Å². The summed E-state index contributed by atoms with van der Waals surface area (Å²) in [6.07, 6.45) is 0. The van der Waals surface area contributed by atoms with Gasteiger partial charge in [-0.15, -0.1) is 0 Å². The van der Waals surface area contributed by atoms with Gasteiger partial charge in [0.05, 0.1) is 4.90 Å². The first-order valence-electron chi connectivity index (χ1n) is 3.56. The normalized spacial score (nSPS) is 11.7. The maximum absolute atomic E-state index is 10.9. The molecule has 0 aliphatic rings. The van der Waals surface area contributed by atoms with Crippen molar-refractivity contribution in [3.8, 4) is 0 Å². The zero-order chi connectivity index (χ0) is 10.2. The van der Waals surface area contributed by atoms with Crippen LogP contribution in [0.25, 0.3) is 0 Å². The standard InChI is InChI=1S/C8H9IO3S/c1-5-4-8(13(10,11)12)6(2)3-7(5)9/h3-4H,1-2H3,(H,10,11,12). The maximum atomic E-state index is 10.9. The highest BCUT2D eigenvalue weighted by Gasteiger charge is 2.14. The molecule has 0 aromatic heterocycles. The van der Waals surface area contributed by atoms with Crippen LogP contribution in [0.1, 0.15) is 11.1 Å². The van der Waals surface area contributed by atoms with Gasteiger partial charge in [-0.05, 0) is 59.7 Å². The van der Waals surface area contributed by atoms with Crippen molar-refractivity contribution in [2.45, 2.75) is 18.7 Å². The molecule has 1 aromatic carbocycles. The van der Waals surface area contributed by atoms with E-state index in [0.29, 0.717) is 5.56 Å². The highest BCUT2D eigenvalue weighted by molar-refractivity contribution is 14.1. The summed E-state index contributed by atoms with van der Waals surface area (Å²) in [4.78, 5) is -0.00887. The van der Waals surface area contributed by atoms with Gasteiger partial charge in [-0.1, -0.05) is 0 Å². The third-order valence-corrected chi connectivity index (χ3v) is 3.89. The van der Waals surface area contributed by atoms with Gasteiger partial charge in [-0.3, -0.25) is 4.55 Å². The van der Waals surface area contributed by atoms with Gasteiger partial charge in [0.2, 0.25) is 0 Å². The van der Waals surface area contributed by atoms with Crippen molar-refractivity contribution in [1.29, 1.82) is 0 Å². The lowest BCUT2D eigenvalue weighted by atomic mass is 10.2. The second kappa shape index (κ2) is 3.55. The van der Waals surface area contributed by atoms with E-state index < -0.39 is 10.1 Å². The zero-order valence-electron chi connectivity index (χ0n) is 7.20. The predicted molar refractivity (Wildman–Crippen MR) is 58.4 cm³/mol. The molecule has 0 amide bonds. The Balaban J connectivity index is 3.50. The molecule has 0 unspecified atom stereocenters. The molecule has 1 N–H and O–H groups in total. The molecule has 0 spiro atoms. The summed E-state index contributed by atoms with van der Waals surface area (Å²) in [6.45, 7) is 3.46. The highest BCUT2D eigenvalue weighted by atomic mass is 127. The first-order valence-corrected chi connectivity index (χ1v) is 6.08. The molecule has 1 aromatic rings. The molecule has 0 radical (unpaired) electrons. The number of rotatable bonds is 1. The average Bonchev–Trinajstić information content (AvgIpc) is 1.94. The van der Waals surface area contributed by atoms with Crippen molar-refractivity contribution in [1.82, 2.24) is 0 Å². The molecule has 0 saturated carbocycles. The summed E-state index contributed by atoms with van der Waals surface area (Å²) in [7, 11) is -4.08. The number of benzene rings is 1. The van der Waals surface area contributed by atoms with Crippen LogP contribution in [0.2, 0.25) is 0 Å². The lowest BCUT2D eigenvalue weighted by Gasteiger charge is -2.05. The fourth-order valence-electron chi connectivity index (χ4n) is 1.03. The Morgan fingerprint density at radius 1 is 1.23 bits per heavy atom. The van der Waals surface area contributed by atoms with E-state index in [1.165, 1.54) is 6.07 Å². The second-order valence-electron chi connectivity index (χ2n) is 2.84. The summed E-state index contributed by atoms with van der Waals surface area (Å²) in [5, 5.41) is 0. The van der Waals surface area contributed by atoms with E-state index >= 15 is 0 Å². The Bertz CT molecular complexity index is 437. The Hall–Kier alpha value is -0.140. The third kappa shape index (κ3) is 2.41. The van der Waals surface area contributed by atoms with Gasteiger partial charge in [0.25, 0.3) is 10.1 Å². The summed E-state index contributed by atoms with van der Waals surface area (Å²) >= 11 is 2.12. The number of hydrogen-bond acceptors (Lipinski definition) is 2. The molecule has 5 heteroatoms. The summed E-state index contributed by atoms with van der Waals surface area (Å²) < 4.78 is 31.6. The minimum atomic E-state index is -4.08. The molecule has 0 aliphatic heterocycles. The van der Waals surface area contributed by atoms with Crippen molar-refractivity contribution in [3.63, 3.8) is 0 Å². The van der Waals surface area contributed by atoms with E-state index in [1.54, 1.807) is 19.9 Å². The Labute approximate surface area is 91.1 Å². The fraction of sp³-hybridized carbons (Fsp3) is 0.250. The number of halogens is 1. The van der Waals surface area contributed by atoms with Crippen molar-refractivity contribution >= 4 is 32.7 Å². The molecular formula is C8H9IO3S. The quantitative estimate of drug-likeness (QED) is 0.638. The van der Waals surface area contributed by atoms with Gasteiger partial charge in [-0.25, -0.2) is 0 Å². The summed E-state index contributed by atoms with van der Waals surface area (Å²) in [5.41, 5.74) is 1.41. The molecule has 0 aliphatic carbocycles. The van der Waals surface area contributed by atoms with Crippen LogP contribution in [0.15, 0.2) is 17.0 Å². The van der Waals surface area contributed by atoms with Gasteiger partial charge >= 0.3 is 0 Å². The Kier molecular flexibility index (Phi) is 2.98. The Morgan fingerprint density at radius 2 is 1.77 bits per heavy atom. The first kappa shape index (κ1) is 10.9. The van der Waals surface area contributed by atoms with Crippen LogP contribution in [0.3, 0.4) is 0 Å². The van der Waals surface area contributed by atoms with Gasteiger partial charge in [0, 0.05) is 3.57 Å². The van der Waals surface area contributed by atoms with Crippen LogP contribution in [0, 0.1) is 17.4 Å². The molecule has 3 nitrogen and oxygen atoms in total. The van der Waals surface area contributed by atoms with Crippen molar-refractivity contribution in [2.75, 3.05) is 0 Å². The predicted octanol–water partition coefficient (Wildman–Crippen LogP) is 2.15. The third-order valence-electron chi connectivity index (χ3n) is 1.73. The second-order valence-corrected chi connectivity index (χ2v) is 5.39. The maximum Gasteiger partial charge on any atom is 0.294 e. The van der Waals surface area contributed by atoms with Crippen LogP contribution in [-0.4, -0.2) is 13.0 Å². The summed E-state index contributed by atoms with van der Waals surface area (Å²) in [6, 6.07) is 3.21. The highest BCUT2D eigenvalue weighted by Crippen LogP contribution is 2.21. The van der Waals surface area contributed by atoms with E-state index in [9.17, 15) is 8.42 Å². The summed E-state index contributed by atoms with van der Waals surface area (Å²) in [5.74, 6) is 0. The van der Waals surface area contributed by atoms with E-state index in [-0.39, 0.29) is 4.90 Å².